The van der Waals surface area contributed by atoms with Crippen molar-refractivity contribution in [1.29, 1.82) is 0 Å². The third-order valence-corrected chi connectivity index (χ3v) is 19.5. The van der Waals surface area contributed by atoms with E-state index < -0.39 is 21.4 Å². The van der Waals surface area contributed by atoms with Gasteiger partial charge in [0.2, 0.25) is 0 Å². The molecule has 1 saturated heterocycles. The first-order valence-electron chi connectivity index (χ1n) is 22.3. The molecule has 0 aromatic carbocycles. The highest BCUT2D eigenvalue weighted by Gasteiger charge is 2.71. The molecule has 0 aromatic heterocycles. The van der Waals surface area contributed by atoms with Gasteiger partial charge in [0.25, 0.3) is 0 Å². The lowest BCUT2D eigenvalue weighted by atomic mass is 9.32. The fraction of sp³-hybridized carbons (Fsp3) is 0.913. The topological polar surface area (TPSA) is 122 Å². The quantitative estimate of drug-likeness (QED) is 0.151. The SMILES string of the molecule is C=C(C)[C@@H]1CC[C@]2(NC[C@H]([C@@H](C)O)N3CCS(=O)(=O)CC3)CC[C@]3(C)[C@H](CC[C@@H]4[C@@]5(C)CC[C@H](OC(=O)CC(C)(C)CC(=O)OCC)C(C)(C)[C@@H]5CC[C@]43C)[C@@H]12. The summed E-state index contributed by atoms with van der Waals surface area (Å²) < 4.78 is 36.1. The summed E-state index contributed by atoms with van der Waals surface area (Å²) in [6, 6.07) is -0.116. The van der Waals surface area contributed by atoms with Gasteiger partial charge in [-0.1, -0.05) is 60.6 Å². The van der Waals surface area contributed by atoms with Crippen molar-refractivity contribution in [3.63, 3.8) is 0 Å². The Hall–Kier alpha value is -1.49. The van der Waals surface area contributed by atoms with Crippen molar-refractivity contribution in [3.8, 4) is 0 Å². The number of aliphatic hydroxyl groups is 1. The van der Waals surface area contributed by atoms with Gasteiger partial charge in [0.05, 0.1) is 37.1 Å². The monoisotopic (exact) mass is 803 g/mol. The fourth-order valence-electron chi connectivity index (χ4n) is 14.9. The average Bonchev–Trinajstić information content (AvgIpc) is 3.47. The molecular weight excluding hydrogens is 725 g/mol. The summed E-state index contributed by atoms with van der Waals surface area (Å²) in [5, 5.41) is 15.2. The Morgan fingerprint density at radius 3 is 2.18 bits per heavy atom. The maximum absolute atomic E-state index is 13.5. The van der Waals surface area contributed by atoms with Crippen LogP contribution in [0.5, 0.6) is 0 Å². The van der Waals surface area contributed by atoms with Gasteiger partial charge in [-0.2, -0.15) is 0 Å². The van der Waals surface area contributed by atoms with Crippen molar-refractivity contribution in [2.45, 2.75) is 170 Å². The predicted octanol–water partition coefficient (Wildman–Crippen LogP) is 7.75. The van der Waals surface area contributed by atoms with E-state index >= 15 is 0 Å². The predicted molar refractivity (Wildman–Crippen MR) is 222 cm³/mol. The van der Waals surface area contributed by atoms with Crippen molar-refractivity contribution >= 4 is 21.8 Å². The molecule has 320 valence electrons. The van der Waals surface area contributed by atoms with Crippen LogP contribution in [0.3, 0.4) is 0 Å². The first-order chi connectivity index (χ1) is 26.0. The van der Waals surface area contributed by atoms with Crippen LogP contribution in [0.1, 0.15) is 146 Å². The minimum absolute atomic E-state index is 0.0120. The third kappa shape index (κ3) is 7.70. The van der Waals surface area contributed by atoms with Crippen molar-refractivity contribution < 1.29 is 32.6 Å². The molecule has 1 aliphatic heterocycles. The van der Waals surface area contributed by atoms with E-state index in [-0.39, 0.29) is 75.6 Å². The van der Waals surface area contributed by atoms with Crippen LogP contribution >= 0.6 is 0 Å². The summed E-state index contributed by atoms with van der Waals surface area (Å²) in [6.45, 7) is 29.0. The van der Waals surface area contributed by atoms with Crippen LogP contribution in [0.2, 0.25) is 0 Å². The van der Waals surface area contributed by atoms with E-state index in [2.05, 4.69) is 58.3 Å². The summed E-state index contributed by atoms with van der Waals surface area (Å²) in [6.07, 6.45) is 11.0. The molecule has 6 fully saturated rings. The number of carbonyl (C=O) groups is 2. The normalized spacial score (nSPS) is 41.6. The van der Waals surface area contributed by atoms with Gasteiger partial charge in [-0.25, -0.2) is 8.42 Å². The van der Waals surface area contributed by atoms with Gasteiger partial charge in [0, 0.05) is 36.6 Å². The molecule has 0 amide bonds. The van der Waals surface area contributed by atoms with E-state index in [9.17, 15) is 23.1 Å². The molecule has 0 bridgehead atoms. The number of nitrogens with zero attached hydrogens (tertiary/aromatic N) is 1. The minimum atomic E-state index is -3.00. The molecule has 56 heavy (non-hydrogen) atoms. The number of nitrogens with one attached hydrogen (secondary N) is 1. The van der Waals surface area contributed by atoms with Crippen molar-refractivity contribution in [2.75, 3.05) is 37.7 Å². The summed E-state index contributed by atoms with van der Waals surface area (Å²) in [7, 11) is -3.00. The number of aliphatic hydroxyl groups excluding tert-OH is 1. The molecule has 5 aliphatic carbocycles. The molecular formula is C46H78N2O7S. The number of ether oxygens (including phenoxy) is 2. The molecule has 12 atom stereocenters. The zero-order valence-electron chi connectivity index (χ0n) is 36.8. The average molecular weight is 803 g/mol. The number of fused-ring (bicyclic) bond motifs is 7. The molecule has 6 rings (SSSR count). The Bertz CT molecular complexity index is 1600. The van der Waals surface area contributed by atoms with Gasteiger partial charge in [-0.15, -0.1) is 0 Å². The number of hydrogen-bond acceptors (Lipinski definition) is 9. The minimum Gasteiger partial charge on any atom is -0.466 e. The second-order valence-corrected chi connectivity index (χ2v) is 24.2. The van der Waals surface area contributed by atoms with Gasteiger partial charge in [-0.05, 0) is 136 Å². The smallest absolute Gasteiger partial charge is 0.306 e. The van der Waals surface area contributed by atoms with E-state index in [0.717, 1.165) is 38.5 Å². The Labute approximate surface area is 340 Å². The van der Waals surface area contributed by atoms with Crippen molar-refractivity contribution in [1.82, 2.24) is 10.2 Å². The summed E-state index contributed by atoms with van der Waals surface area (Å²) in [5.41, 5.74) is 1.13. The highest BCUT2D eigenvalue weighted by atomic mass is 32.2. The lowest BCUT2D eigenvalue weighted by Gasteiger charge is -2.73. The van der Waals surface area contributed by atoms with Crippen LogP contribution in [0, 0.1) is 56.7 Å². The first kappa shape index (κ1) is 44.1. The fourth-order valence-corrected chi connectivity index (χ4v) is 16.1. The molecule has 0 unspecified atom stereocenters. The lowest BCUT2D eigenvalue weighted by Crippen LogP contribution is -2.69. The van der Waals surface area contributed by atoms with Crippen molar-refractivity contribution in [3.05, 3.63) is 12.2 Å². The Morgan fingerprint density at radius 2 is 1.55 bits per heavy atom. The summed E-state index contributed by atoms with van der Waals surface area (Å²) in [4.78, 5) is 27.9. The van der Waals surface area contributed by atoms with Crippen LogP contribution in [0.4, 0.5) is 0 Å². The molecule has 0 spiro atoms. The largest absolute Gasteiger partial charge is 0.466 e. The van der Waals surface area contributed by atoms with E-state index in [1.54, 1.807) is 6.92 Å². The molecule has 5 saturated carbocycles. The number of rotatable bonds is 12. The maximum Gasteiger partial charge on any atom is 0.306 e. The van der Waals surface area contributed by atoms with E-state index in [1.807, 2.05) is 20.8 Å². The van der Waals surface area contributed by atoms with Crippen LogP contribution in [-0.2, 0) is 28.9 Å². The van der Waals surface area contributed by atoms with Gasteiger partial charge in [0.1, 0.15) is 6.10 Å². The van der Waals surface area contributed by atoms with Gasteiger partial charge in [0.15, 0.2) is 9.84 Å². The molecule has 9 nitrogen and oxygen atoms in total. The second-order valence-electron chi connectivity index (χ2n) is 21.9. The molecule has 0 radical (unpaired) electrons. The lowest BCUT2D eigenvalue weighted by molar-refractivity contribution is -0.246. The number of allylic oxidation sites excluding steroid dienone is 1. The highest BCUT2D eigenvalue weighted by Crippen LogP contribution is 2.76. The van der Waals surface area contributed by atoms with E-state index in [4.69, 9.17) is 9.47 Å². The Balaban J connectivity index is 1.20. The van der Waals surface area contributed by atoms with Crippen LogP contribution in [-0.4, -0.2) is 91.9 Å². The van der Waals surface area contributed by atoms with Gasteiger partial charge in [-0.3, -0.25) is 14.5 Å². The highest BCUT2D eigenvalue weighted by molar-refractivity contribution is 7.91. The standard InChI is InChI=1S/C46H78N2O7S/c1-12-54-38(50)27-41(5,6)28-39(51)55-37-17-18-43(9)35(42(37,7)8)16-19-45(11)36(43)14-13-33-40-32(30(2)3)15-20-46(40,22-21-44(33,45)10)47-29-34(31(4)49)48-23-25-56(52,53)26-24-48/h31-37,40,47,49H,2,12-29H2,1,3-11H3/t31-,32+,33-,34-,35+,36-,37+,40-,43+,44-,45-,46+/m1/s1. The van der Waals surface area contributed by atoms with Gasteiger partial charge < -0.3 is 19.9 Å². The van der Waals surface area contributed by atoms with Crippen LogP contribution < -0.4 is 5.32 Å². The van der Waals surface area contributed by atoms with Crippen LogP contribution in [0.15, 0.2) is 12.2 Å². The zero-order chi connectivity index (χ0) is 41.3. The number of hydrogen-bond donors (Lipinski definition) is 2. The Kier molecular flexibility index (Phi) is 12.2. The van der Waals surface area contributed by atoms with Gasteiger partial charge >= 0.3 is 11.9 Å². The molecule has 6 aliphatic rings. The molecule has 0 aromatic rings. The van der Waals surface area contributed by atoms with Crippen molar-refractivity contribution in [2.24, 2.45) is 56.7 Å². The zero-order valence-corrected chi connectivity index (χ0v) is 37.6. The maximum atomic E-state index is 13.5. The Morgan fingerprint density at radius 1 is 0.893 bits per heavy atom. The van der Waals surface area contributed by atoms with E-state index in [1.165, 1.54) is 31.3 Å². The van der Waals surface area contributed by atoms with Crippen LogP contribution in [0.25, 0.3) is 0 Å². The first-order valence-corrected chi connectivity index (χ1v) is 24.2. The number of esters is 2. The third-order valence-electron chi connectivity index (χ3n) is 17.9. The molecule has 1 heterocycles. The summed E-state index contributed by atoms with van der Waals surface area (Å²) >= 11 is 0. The second kappa shape index (κ2) is 15.5. The van der Waals surface area contributed by atoms with E-state index in [0.29, 0.717) is 55.8 Å². The number of sulfone groups is 1. The summed E-state index contributed by atoms with van der Waals surface area (Å²) in [5.74, 6) is 2.43. The molecule has 10 heteroatoms. The number of carbonyl (C=O) groups excluding carboxylic acids is 2. The molecule has 2 N–H and O–H groups in total.